The molecule has 0 N–H and O–H groups in total. The van der Waals surface area contributed by atoms with Gasteiger partial charge in [0.05, 0.1) is 0 Å². The molecule has 0 nitrogen and oxygen atoms in total. The van der Waals surface area contributed by atoms with E-state index in [2.05, 4.69) is 141 Å². The summed E-state index contributed by atoms with van der Waals surface area (Å²) in [5.74, 6) is 0. The molecule has 0 atom stereocenters. The molecular weight excluding hydrogens is 524 g/mol. The fourth-order valence-electron chi connectivity index (χ4n) is 4.25. The number of hydrogen-bond donors (Lipinski definition) is 0. The fraction of sp³-hybridized carbons (Fsp3) is 0.111. The van der Waals surface area contributed by atoms with Gasteiger partial charge in [0.25, 0.3) is 0 Å². The molecule has 5 aromatic carbocycles. The number of rotatable bonds is 3. The molecule has 0 heterocycles. The molecule has 0 aromatic heterocycles. The Morgan fingerprint density at radius 1 is 0.703 bits per heavy atom. The smallest absolute Gasteiger partial charge is 0.0771 e. The largest absolute Gasteiger partial charge is 0.126 e. The molecule has 0 unspecified atom stereocenters. The summed E-state index contributed by atoms with van der Waals surface area (Å²) in [6.45, 7) is 4.35. The molecule has 1 aliphatic rings. The zero-order chi connectivity index (χ0) is 24.5. The van der Waals surface area contributed by atoms with Crippen molar-refractivity contribution in [2.75, 3.05) is 0 Å². The van der Waals surface area contributed by atoms with Crippen LogP contribution in [0.25, 0.3) is 21.5 Å². The molecule has 1 aliphatic carbocycles. The zero-order valence-electron chi connectivity index (χ0n) is 22.5. The summed E-state index contributed by atoms with van der Waals surface area (Å²) >= 11 is 1.46. The van der Waals surface area contributed by atoms with E-state index >= 15 is 0 Å². The molecule has 0 aliphatic heterocycles. The van der Waals surface area contributed by atoms with Gasteiger partial charge < -0.3 is 14.9 Å². The van der Waals surface area contributed by atoms with E-state index in [-0.39, 0.29) is 14.9 Å². The fourth-order valence-corrected chi connectivity index (χ4v) is 5.07. The molecule has 0 saturated carbocycles. The molecule has 0 fully saturated rings. The average Bonchev–Trinajstić information content (AvgIpc) is 3.53. The first-order valence-electron chi connectivity index (χ1n) is 12.1. The van der Waals surface area contributed by atoms with Gasteiger partial charge in [-0.15, -0.1) is 53.1 Å². The van der Waals surface area contributed by atoms with Gasteiger partial charge >= 0.3 is 99.2 Å². The summed E-state index contributed by atoms with van der Waals surface area (Å²) in [4.78, 5) is 0. The number of hydrogen-bond acceptors (Lipinski definition) is 0. The van der Waals surface area contributed by atoms with Crippen LogP contribution in [0.2, 0.25) is 0 Å². The van der Waals surface area contributed by atoms with Gasteiger partial charge in [-0.25, -0.2) is 11.6 Å². The maximum absolute atomic E-state index is 3.17. The van der Waals surface area contributed by atoms with E-state index in [4.69, 9.17) is 0 Å². The van der Waals surface area contributed by atoms with Crippen LogP contribution in [-0.2, 0) is 24.2 Å². The van der Waals surface area contributed by atoms with E-state index in [1.165, 1.54) is 72.1 Å². The second-order valence-electron chi connectivity index (χ2n) is 8.59. The van der Waals surface area contributed by atoms with Gasteiger partial charge in [0, 0.05) is 0 Å². The summed E-state index contributed by atoms with van der Waals surface area (Å²) in [6, 6.07) is 40.4. The molecule has 6 rings (SSSR count). The van der Waals surface area contributed by atoms with E-state index in [1.54, 1.807) is 5.57 Å². The van der Waals surface area contributed by atoms with Crippen molar-refractivity contribution >= 4 is 24.8 Å². The standard InChI is InChI=1S/C13H9.C13H10.C8H11.2CH3.Zr/c1-3-7-12-10(5-1)9-11-6-2-4-8-13(11)12;1-3-7-12(8-4-1)11-13-9-5-2-6-10-13;1-3-8-6-4-5-7(8)2;;;/h1-9H;1-10H;5H,3,6H2,1-2H3;2*1H3;/q-1;;3*-1;. The van der Waals surface area contributed by atoms with E-state index in [9.17, 15) is 0 Å². The Morgan fingerprint density at radius 2 is 1.14 bits per heavy atom. The Labute approximate surface area is 239 Å². The van der Waals surface area contributed by atoms with Crippen molar-refractivity contribution in [3.05, 3.63) is 165 Å². The Hall–Kier alpha value is -3.02. The van der Waals surface area contributed by atoms with Crippen molar-refractivity contribution < 1.29 is 24.2 Å². The average molecular weight is 560 g/mol. The predicted octanol–water partition coefficient (Wildman–Crippen LogP) is 9.89. The van der Waals surface area contributed by atoms with E-state index < -0.39 is 0 Å². The first-order valence-corrected chi connectivity index (χ1v) is 13.4. The maximum atomic E-state index is 3.17. The van der Waals surface area contributed by atoms with Crippen LogP contribution in [0.5, 0.6) is 0 Å². The van der Waals surface area contributed by atoms with E-state index in [0.29, 0.717) is 0 Å². The molecule has 37 heavy (non-hydrogen) atoms. The van der Waals surface area contributed by atoms with Gasteiger partial charge in [0.1, 0.15) is 0 Å². The molecule has 0 saturated heterocycles. The van der Waals surface area contributed by atoms with Crippen LogP contribution in [0, 0.1) is 20.9 Å². The molecule has 0 bridgehead atoms. The van der Waals surface area contributed by atoms with Crippen molar-refractivity contribution in [2.45, 2.75) is 26.7 Å². The van der Waals surface area contributed by atoms with Gasteiger partial charge in [0.2, 0.25) is 0 Å². The zero-order valence-corrected chi connectivity index (χ0v) is 24.9. The Kier molecular flexibility index (Phi) is 12.5. The Balaban J connectivity index is 0.000000197. The molecule has 1 heteroatoms. The minimum atomic E-state index is 0. The minimum absolute atomic E-state index is 0. The van der Waals surface area contributed by atoms with E-state index in [0.717, 1.165) is 6.42 Å². The first kappa shape index (κ1) is 30.2. The van der Waals surface area contributed by atoms with Gasteiger partial charge in [0.15, 0.2) is 0 Å². The quantitative estimate of drug-likeness (QED) is 0.193. The van der Waals surface area contributed by atoms with Gasteiger partial charge in [-0.1, -0.05) is 49.7 Å². The van der Waals surface area contributed by atoms with Crippen LogP contribution in [-0.4, -0.2) is 3.21 Å². The topological polar surface area (TPSA) is 0 Å². The molecule has 5 aromatic rings. The molecule has 0 spiro atoms. The van der Waals surface area contributed by atoms with Crippen LogP contribution in [0.3, 0.4) is 0 Å². The second-order valence-corrected chi connectivity index (χ2v) is 9.82. The van der Waals surface area contributed by atoms with Crippen LogP contribution in [0.15, 0.2) is 132 Å². The summed E-state index contributed by atoms with van der Waals surface area (Å²) in [5, 5.41) is 5.39. The summed E-state index contributed by atoms with van der Waals surface area (Å²) < 4.78 is 1.42. The number of allylic oxidation sites excluding steroid dienone is 4. The van der Waals surface area contributed by atoms with Crippen LogP contribution >= 0.6 is 0 Å². The summed E-state index contributed by atoms with van der Waals surface area (Å²) in [5.41, 5.74) is 5.63. The Bertz CT molecular complexity index is 1360. The predicted molar refractivity (Wildman–Crippen MR) is 161 cm³/mol. The molecule has 0 amide bonds. The maximum Gasteiger partial charge on any atom is -0.0771 e. The minimum Gasteiger partial charge on any atom is -0.126 e. The van der Waals surface area contributed by atoms with Crippen molar-refractivity contribution in [3.8, 4) is 0 Å². The van der Waals surface area contributed by atoms with Crippen LogP contribution < -0.4 is 0 Å². The normalized spacial score (nSPS) is 11.5. The van der Waals surface area contributed by atoms with Crippen molar-refractivity contribution in [2.24, 2.45) is 0 Å². The third-order valence-corrected chi connectivity index (χ3v) is 7.69. The first-order chi connectivity index (χ1) is 17.2. The van der Waals surface area contributed by atoms with Crippen LogP contribution in [0.1, 0.15) is 37.8 Å². The molecule has 188 valence electrons. The Morgan fingerprint density at radius 3 is 1.51 bits per heavy atom. The summed E-state index contributed by atoms with van der Waals surface area (Å²) in [6.07, 6.45) is 7.52. The second kappa shape index (κ2) is 15.3. The van der Waals surface area contributed by atoms with Crippen molar-refractivity contribution in [3.63, 3.8) is 0 Å². The number of fused-ring (bicyclic) bond motifs is 3. The summed E-state index contributed by atoms with van der Waals surface area (Å²) in [7, 11) is 0. The van der Waals surface area contributed by atoms with E-state index in [1.807, 2.05) is 0 Å². The van der Waals surface area contributed by atoms with Crippen molar-refractivity contribution in [1.82, 2.24) is 0 Å². The van der Waals surface area contributed by atoms with Crippen molar-refractivity contribution in [1.29, 1.82) is 0 Å². The van der Waals surface area contributed by atoms with Gasteiger partial charge in [-0.2, -0.15) is 5.57 Å². The third kappa shape index (κ3) is 7.98. The third-order valence-electron chi connectivity index (χ3n) is 6.27. The molecule has 0 radical (unpaired) electrons. The van der Waals surface area contributed by atoms with Gasteiger partial charge in [-0.05, 0) is 0 Å². The monoisotopic (exact) mass is 558 g/mol. The molecular formula is C36H36Zr-4. The van der Waals surface area contributed by atoms with Crippen LogP contribution in [0.4, 0.5) is 0 Å². The number of benzene rings is 4. The van der Waals surface area contributed by atoms with Gasteiger partial charge in [-0.3, -0.25) is 6.08 Å². The SMILES string of the molecule is CCC1=C(C)C=[C-]C1.[CH3-].[CH3-].[Zr]=[C](c1ccccc1)c1ccccc1.c1ccc2c(c1)[cH-]c1ccccc12.